The highest BCUT2D eigenvalue weighted by molar-refractivity contribution is 6.35. The van der Waals surface area contributed by atoms with Gasteiger partial charge in [-0.25, -0.2) is 0 Å². The molecule has 0 aliphatic rings. The van der Waals surface area contributed by atoms with Gasteiger partial charge in [0.25, 0.3) is 5.91 Å². The van der Waals surface area contributed by atoms with Crippen LogP contribution < -0.4 is 11.1 Å². The number of hydrogen-bond donors (Lipinski definition) is 3. The molecule has 6 nitrogen and oxygen atoms in total. The maximum Gasteiger partial charge on any atom is 0.254 e. The van der Waals surface area contributed by atoms with Gasteiger partial charge in [-0.2, -0.15) is 0 Å². The van der Waals surface area contributed by atoms with E-state index in [-0.39, 0.29) is 18.0 Å². The van der Waals surface area contributed by atoms with Crippen molar-refractivity contribution in [1.29, 1.82) is 0 Å². The van der Waals surface area contributed by atoms with Gasteiger partial charge in [-0.05, 0) is 73.2 Å². The zero-order valence-corrected chi connectivity index (χ0v) is 24.7. The zero-order chi connectivity index (χ0) is 29.1. The van der Waals surface area contributed by atoms with Crippen LogP contribution in [0.25, 0.3) is 0 Å². The smallest absolute Gasteiger partial charge is 0.254 e. The largest absolute Gasteiger partial charge is 0.391 e. The molecule has 0 fully saturated rings. The number of aliphatic hydroxyl groups excluding tert-OH is 1. The summed E-state index contributed by atoms with van der Waals surface area (Å²) in [7, 11) is 0. The van der Waals surface area contributed by atoms with Gasteiger partial charge in [-0.1, -0.05) is 79.5 Å². The first kappa shape index (κ1) is 31.6. The highest BCUT2D eigenvalue weighted by Crippen LogP contribution is 2.32. The monoisotopic (exact) mass is 583 g/mol. The van der Waals surface area contributed by atoms with E-state index in [4.69, 9.17) is 28.9 Å². The Bertz CT molecular complexity index is 1260. The Hall–Kier alpha value is -2.90. The van der Waals surface area contributed by atoms with E-state index in [0.29, 0.717) is 53.6 Å². The molecule has 3 rings (SSSR count). The molecular weight excluding hydrogens is 545 g/mol. The second kappa shape index (κ2) is 15.8. The van der Waals surface area contributed by atoms with Crippen molar-refractivity contribution >= 4 is 35.0 Å². The molecular formula is C32H39Cl2N3O3. The first-order valence-electron chi connectivity index (χ1n) is 13.8. The normalized spacial score (nSPS) is 12.6. The molecule has 0 unspecified atom stereocenters. The molecule has 0 aliphatic carbocycles. The third-order valence-electron chi connectivity index (χ3n) is 6.95. The van der Waals surface area contributed by atoms with Gasteiger partial charge in [0, 0.05) is 46.7 Å². The second-order valence-electron chi connectivity index (χ2n) is 9.98. The van der Waals surface area contributed by atoms with Crippen LogP contribution in [0.3, 0.4) is 0 Å². The Labute approximate surface area is 247 Å². The Balaban J connectivity index is 1.94. The van der Waals surface area contributed by atoms with E-state index in [9.17, 15) is 14.7 Å². The first-order valence-corrected chi connectivity index (χ1v) is 14.6. The first-order chi connectivity index (χ1) is 19.3. The minimum Gasteiger partial charge on any atom is -0.391 e. The molecule has 0 aliphatic heterocycles. The van der Waals surface area contributed by atoms with Crippen LogP contribution in [0.2, 0.25) is 10.0 Å². The van der Waals surface area contributed by atoms with Crippen LogP contribution in [-0.2, 0) is 12.8 Å². The van der Waals surface area contributed by atoms with Crippen LogP contribution in [0.15, 0.2) is 66.7 Å². The van der Waals surface area contributed by atoms with Gasteiger partial charge in [0.05, 0.1) is 6.10 Å². The molecule has 0 saturated carbocycles. The zero-order valence-electron chi connectivity index (χ0n) is 23.2. The van der Waals surface area contributed by atoms with Crippen molar-refractivity contribution in [3.05, 3.63) is 105 Å². The van der Waals surface area contributed by atoms with Crippen molar-refractivity contribution in [1.82, 2.24) is 10.2 Å². The average molecular weight is 585 g/mol. The molecule has 40 heavy (non-hydrogen) atoms. The molecule has 2 amide bonds. The lowest BCUT2D eigenvalue weighted by molar-refractivity contribution is 0.0751. The van der Waals surface area contributed by atoms with Crippen LogP contribution in [0.4, 0.5) is 0 Å². The summed E-state index contributed by atoms with van der Waals surface area (Å²) in [5.41, 5.74) is 8.93. The molecule has 0 bridgehead atoms. The number of amides is 2. The third-order valence-corrected chi connectivity index (χ3v) is 7.54. The van der Waals surface area contributed by atoms with Crippen LogP contribution >= 0.6 is 23.2 Å². The second-order valence-corrected chi connectivity index (χ2v) is 10.8. The Morgan fingerprint density at radius 3 is 2.25 bits per heavy atom. The highest BCUT2D eigenvalue weighted by Gasteiger charge is 2.31. The Kier molecular flexibility index (Phi) is 12.5. The van der Waals surface area contributed by atoms with Crippen LogP contribution in [0.5, 0.6) is 0 Å². The fourth-order valence-electron chi connectivity index (χ4n) is 5.03. The number of nitrogens with one attached hydrogen (secondary N) is 1. The van der Waals surface area contributed by atoms with Gasteiger partial charge in [0.2, 0.25) is 5.91 Å². The number of hydrogen-bond acceptors (Lipinski definition) is 4. The molecule has 3 aromatic carbocycles. The summed E-state index contributed by atoms with van der Waals surface area (Å²) in [4.78, 5) is 28.3. The number of aliphatic hydroxyl groups is 1. The lowest BCUT2D eigenvalue weighted by Crippen LogP contribution is -2.38. The van der Waals surface area contributed by atoms with E-state index in [0.717, 1.165) is 24.0 Å². The lowest BCUT2D eigenvalue weighted by Gasteiger charge is -2.29. The summed E-state index contributed by atoms with van der Waals surface area (Å²) >= 11 is 12.3. The molecule has 0 heterocycles. The van der Waals surface area contributed by atoms with Crippen molar-refractivity contribution in [2.24, 2.45) is 5.73 Å². The molecule has 4 N–H and O–H groups in total. The number of primary amides is 1. The fourth-order valence-corrected chi connectivity index (χ4v) is 5.53. The van der Waals surface area contributed by atoms with Crippen LogP contribution in [0.1, 0.15) is 70.0 Å². The summed E-state index contributed by atoms with van der Waals surface area (Å²) in [6, 6.07) is 20.2. The molecule has 2 atom stereocenters. The maximum absolute atomic E-state index is 13.8. The molecule has 0 saturated heterocycles. The van der Waals surface area contributed by atoms with Gasteiger partial charge in [-0.3, -0.25) is 9.59 Å². The number of rotatable bonds is 15. The van der Waals surface area contributed by atoms with E-state index in [1.807, 2.05) is 55.1 Å². The summed E-state index contributed by atoms with van der Waals surface area (Å²) in [5.74, 6) is -1.34. The SMILES string of the molecule is CCCN(CCC)C(=O)c1cccc(C(N)=O)c1[C@H](Cc1ccccc1)[C@@H](O)CNCCc1ccc(Cl)cc1Cl. The molecule has 0 aromatic heterocycles. The van der Waals surface area contributed by atoms with Gasteiger partial charge in [0.15, 0.2) is 0 Å². The van der Waals surface area contributed by atoms with Crippen LogP contribution in [-0.4, -0.2) is 54.1 Å². The van der Waals surface area contributed by atoms with Crippen molar-refractivity contribution in [3.8, 4) is 0 Å². The van der Waals surface area contributed by atoms with E-state index in [1.54, 1.807) is 30.3 Å². The molecule has 0 radical (unpaired) electrons. The van der Waals surface area contributed by atoms with E-state index in [1.165, 1.54) is 0 Å². The Morgan fingerprint density at radius 1 is 0.950 bits per heavy atom. The summed E-state index contributed by atoms with van der Waals surface area (Å²) in [6.07, 6.45) is 1.80. The number of nitrogens with two attached hydrogens (primary N) is 1. The summed E-state index contributed by atoms with van der Waals surface area (Å²) < 4.78 is 0. The molecule has 214 valence electrons. The van der Waals surface area contributed by atoms with Gasteiger partial charge in [0.1, 0.15) is 0 Å². The highest BCUT2D eigenvalue weighted by atomic mass is 35.5. The molecule has 3 aromatic rings. The quantitative estimate of drug-likeness (QED) is 0.195. The maximum atomic E-state index is 13.8. The van der Waals surface area contributed by atoms with Crippen molar-refractivity contribution < 1.29 is 14.7 Å². The van der Waals surface area contributed by atoms with Gasteiger partial charge in [-0.15, -0.1) is 0 Å². The minimum atomic E-state index is -0.904. The van der Waals surface area contributed by atoms with E-state index >= 15 is 0 Å². The molecule has 0 spiro atoms. The number of carbonyl (C=O) groups excluding carboxylic acids is 2. The number of halogens is 2. The number of benzene rings is 3. The molecule has 8 heteroatoms. The van der Waals surface area contributed by atoms with Gasteiger partial charge >= 0.3 is 0 Å². The van der Waals surface area contributed by atoms with Crippen molar-refractivity contribution in [2.75, 3.05) is 26.2 Å². The summed E-state index contributed by atoms with van der Waals surface area (Å²) in [5, 5.41) is 16.1. The summed E-state index contributed by atoms with van der Waals surface area (Å²) in [6.45, 7) is 6.09. The number of carbonyl (C=O) groups is 2. The van der Waals surface area contributed by atoms with Crippen LogP contribution in [0, 0.1) is 0 Å². The number of nitrogens with zero attached hydrogens (tertiary/aromatic N) is 1. The van der Waals surface area contributed by atoms with Crippen molar-refractivity contribution in [2.45, 2.75) is 51.6 Å². The van der Waals surface area contributed by atoms with Gasteiger partial charge < -0.3 is 21.1 Å². The lowest BCUT2D eigenvalue weighted by atomic mass is 9.81. The van der Waals surface area contributed by atoms with E-state index < -0.39 is 17.9 Å². The topological polar surface area (TPSA) is 95.7 Å². The standard InChI is InChI=1S/C32H39Cl2N3O3/c1-3-17-37(18-4-2)32(40)26-12-8-11-25(31(35)39)30(26)27(19-22-9-6-5-7-10-22)29(38)21-36-16-15-23-13-14-24(33)20-28(23)34/h5-14,20,27,29,36,38H,3-4,15-19,21H2,1-2H3,(H2,35,39)/t27-,29+/m1/s1. The minimum absolute atomic E-state index is 0.155. The Morgan fingerprint density at radius 2 is 1.62 bits per heavy atom. The van der Waals surface area contributed by atoms with E-state index in [2.05, 4.69) is 5.32 Å². The predicted molar refractivity (Wildman–Crippen MR) is 163 cm³/mol. The third kappa shape index (κ3) is 8.55. The fraction of sp³-hybridized carbons (Fsp3) is 0.375. The predicted octanol–water partition coefficient (Wildman–Crippen LogP) is 5.87. The average Bonchev–Trinajstić information content (AvgIpc) is 2.94. The van der Waals surface area contributed by atoms with Crippen molar-refractivity contribution in [3.63, 3.8) is 0 Å².